The lowest BCUT2D eigenvalue weighted by atomic mass is 9.78. The molecule has 0 spiro atoms. The molecule has 1 atom stereocenters. The minimum Gasteiger partial charge on any atom is -0.591 e. The Kier molecular flexibility index (Phi) is 4.43. The lowest BCUT2D eigenvalue weighted by Crippen LogP contribution is -2.46. The van der Waals surface area contributed by atoms with Gasteiger partial charge in [-0.3, -0.25) is 0 Å². The highest BCUT2D eigenvalue weighted by Crippen LogP contribution is 2.30. The van der Waals surface area contributed by atoms with E-state index in [1.54, 1.807) is 0 Å². The van der Waals surface area contributed by atoms with Crippen LogP contribution in [0, 0.1) is 5.92 Å². The van der Waals surface area contributed by atoms with Crippen molar-refractivity contribution in [3.05, 3.63) is 0 Å². The van der Waals surface area contributed by atoms with Crippen LogP contribution in [0.5, 0.6) is 0 Å². The van der Waals surface area contributed by atoms with Crippen LogP contribution in [-0.2, 0) is 11.4 Å². The highest BCUT2D eigenvalue weighted by atomic mass is 32.2. The molecule has 0 aromatic carbocycles. The first-order valence-corrected chi connectivity index (χ1v) is 6.77. The Labute approximate surface area is 105 Å². The second-order valence-corrected chi connectivity index (χ2v) is 7.31. The molecule has 1 saturated carbocycles. The smallest absolute Gasteiger partial charge is 0.404 e. The van der Waals surface area contributed by atoms with E-state index in [0.717, 1.165) is 18.6 Å². The third-order valence-electron chi connectivity index (χ3n) is 2.81. The largest absolute Gasteiger partial charge is 0.591 e. The highest BCUT2D eigenvalue weighted by Gasteiger charge is 2.34. The van der Waals surface area contributed by atoms with Gasteiger partial charge in [-0.2, -0.15) is 0 Å². The molecule has 0 heterocycles. The van der Waals surface area contributed by atoms with Crippen LogP contribution in [0.3, 0.4) is 0 Å². The Balaban J connectivity index is 2.44. The summed E-state index contributed by atoms with van der Waals surface area (Å²) in [7, 11) is 0. The standard InChI is InChI=1S/C11H20N2O3S/c1-7(13-17(16)11(2,3)4)8-5-9(6-8)12-10(14)15/h8-9,12H,5-6H2,1-4H3,(H,14,15). The van der Waals surface area contributed by atoms with E-state index < -0.39 is 17.5 Å². The molecule has 17 heavy (non-hydrogen) atoms. The highest BCUT2D eigenvalue weighted by molar-refractivity contribution is 7.91. The summed E-state index contributed by atoms with van der Waals surface area (Å²) in [5.74, 6) is 0.262. The maximum Gasteiger partial charge on any atom is 0.404 e. The van der Waals surface area contributed by atoms with E-state index in [2.05, 4.69) is 9.71 Å². The summed E-state index contributed by atoms with van der Waals surface area (Å²) in [6, 6.07) is 0.0192. The molecule has 5 nitrogen and oxygen atoms in total. The summed E-state index contributed by atoms with van der Waals surface area (Å²) in [6.45, 7) is 7.52. The molecule has 1 amide bonds. The van der Waals surface area contributed by atoms with Crippen LogP contribution in [0.15, 0.2) is 4.40 Å². The van der Waals surface area contributed by atoms with Gasteiger partial charge in [0.05, 0.1) is 5.71 Å². The maximum absolute atomic E-state index is 11.8. The first-order chi connectivity index (χ1) is 7.70. The molecule has 1 rings (SSSR count). The van der Waals surface area contributed by atoms with E-state index in [4.69, 9.17) is 5.11 Å². The Morgan fingerprint density at radius 3 is 2.41 bits per heavy atom. The molecule has 0 aromatic heterocycles. The molecule has 1 aliphatic carbocycles. The van der Waals surface area contributed by atoms with E-state index in [0.29, 0.717) is 0 Å². The number of nitrogens with one attached hydrogen (secondary N) is 1. The Bertz CT molecular complexity index is 319. The zero-order valence-electron chi connectivity index (χ0n) is 10.7. The lowest BCUT2D eigenvalue weighted by Gasteiger charge is -2.34. The molecule has 0 saturated heterocycles. The van der Waals surface area contributed by atoms with Gasteiger partial charge in [-0.15, -0.1) is 0 Å². The van der Waals surface area contributed by atoms with Crippen molar-refractivity contribution in [2.24, 2.45) is 10.3 Å². The monoisotopic (exact) mass is 260 g/mol. The SMILES string of the molecule is CC(=N[S+]([O-])C(C)(C)C)C1CC(NC(=O)O)C1. The van der Waals surface area contributed by atoms with Crippen LogP contribution < -0.4 is 5.32 Å². The molecule has 1 fully saturated rings. The van der Waals surface area contributed by atoms with Gasteiger partial charge in [0.2, 0.25) is 0 Å². The van der Waals surface area contributed by atoms with Crippen molar-refractivity contribution in [2.45, 2.75) is 51.3 Å². The molecule has 1 aliphatic rings. The van der Waals surface area contributed by atoms with Crippen molar-refractivity contribution < 1.29 is 14.5 Å². The fourth-order valence-corrected chi connectivity index (χ4v) is 2.28. The predicted octanol–water partition coefficient (Wildman–Crippen LogP) is 1.96. The lowest BCUT2D eigenvalue weighted by molar-refractivity contribution is 0.177. The van der Waals surface area contributed by atoms with Crippen LogP contribution in [0.1, 0.15) is 40.5 Å². The van der Waals surface area contributed by atoms with Gasteiger partial charge in [-0.05, 0) is 40.5 Å². The normalized spacial score (nSPS) is 27.2. The molecular formula is C11H20N2O3S. The number of amides is 1. The van der Waals surface area contributed by atoms with Gasteiger partial charge in [-0.1, -0.05) is 4.40 Å². The Hall–Kier alpha value is -0.750. The molecule has 6 heteroatoms. The second-order valence-electron chi connectivity index (χ2n) is 5.41. The molecule has 1 unspecified atom stereocenters. The van der Waals surface area contributed by atoms with E-state index in [9.17, 15) is 9.35 Å². The average Bonchev–Trinajstić information content (AvgIpc) is 2.08. The number of hydrogen-bond donors (Lipinski definition) is 2. The third kappa shape index (κ3) is 4.20. The van der Waals surface area contributed by atoms with Crippen LogP contribution in [-0.4, -0.2) is 32.3 Å². The topological polar surface area (TPSA) is 84.8 Å². The number of hydrogen-bond acceptors (Lipinski definition) is 3. The summed E-state index contributed by atoms with van der Waals surface area (Å²) in [4.78, 5) is 10.4. The molecule has 98 valence electrons. The fraction of sp³-hybridized carbons (Fsp3) is 0.818. The Morgan fingerprint density at radius 2 is 2.00 bits per heavy atom. The third-order valence-corrected chi connectivity index (χ3v) is 4.31. The van der Waals surface area contributed by atoms with Gasteiger partial charge in [0.1, 0.15) is 16.1 Å². The first kappa shape index (κ1) is 14.3. The van der Waals surface area contributed by atoms with Crippen LogP contribution in [0.25, 0.3) is 0 Å². The van der Waals surface area contributed by atoms with Crippen molar-refractivity contribution in [1.29, 1.82) is 0 Å². The maximum atomic E-state index is 11.8. The van der Waals surface area contributed by atoms with E-state index >= 15 is 0 Å². The van der Waals surface area contributed by atoms with Crippen LogP contribution >= 0.6 is 0 Å². The van der Waals surface area contributed by atoms with Gasteiger partial charge in [-0.25, -0.2) is 4.79 Å². The van der Waals surface area contributed by atoms with Gasteiger partial charge >= 0.3 is 6.09 Å². The Morgan fingerprint density at radius 1 is 1.47 bits per heavy atom. The predicted molar refractivity (Wildman–Crippen MR) is 68.7 cm³/mol. The minimum atomic E-state index is -1.23. The van der Waals surface area contributed by atoms with Gasteiger partial charge in [0, 0.05) is 12.0 Å². The summed E-state index contributed by atoms with van der Waals surface area (Å²) in [5, 5.41) is 11.0. The molecule has 0 radical (unpaired) electrons. The van der Waals surface area contributed by atoms with Crippen molar-refractivity contribution >= 4 is 23.2 Å². The summed E-state index contributed by atoms with van der Waals surface area (Å²) in [5.41, 5.74) is 0.863. The molecule has 0 bridgehead atoms. The fourth-order valence-electron chi connectivity index (χ4n) is 1.59. The van der Waals surface area contributed by atoms with E-state index in [1.807, 2.05) is 27.7 Å². The number of carbonyl (C=O) groups is 1. The first-order valence-electron chi connectivity index (χ1n) is 5.67. The van der Waals surface area contributed by atoms with Crippen molar-refractivity contribution in [2.75, 3.05) is 0 Å². The summed E-state index contributed by atoms with van der Waals surface area (Å²) in [6.07, 6.45) is 0.521. The van der Waals surface area contributed by atoms with Gasteiger partial charge < -0.3 is 15.0 Å². The van der Waals surface area contributed by atoms with Crippen molar-refractivity contribution in [1.82, 2.24) is 5.32 Å². The van der Waals surface area contributed by atoms with Crippen molar-refractivity contribution in [3.8, 4) is 0 Å². The zero-order valence-corrected chi connectivity index (χ0v) is 11.5. The summed E-state index contributed by atoms with van der Waals surface area (Å²) >= 11 is -1.23. The molecule has 2 N–H and O–H groups in total. The molecular weight excluding hydrogens is 240 g/mol. The minimum absolute atomic E-state index is 0.0192. The number of carboxylic acid groups (broad SMARTS) is 1. The van der Waals surface area contributed by atoms with E-state index in [-0.39, 0.29) is 16.7 Å². The van der Waals surface area contributed by atoms with Crippen LogP contribution in [0.2, 0.25) is 0 Å². The second kappa shape index (κ2) is 5.27. The quantitative estimate of drug-likeness (QED) is 0.601. The van der Waals surface area contributed by atoms with Gasteiger partial charge in [0.15, 0.2) is 0 Å². The number of nitrogens with zero attached hydrogens (tertiary/aromatic N) is 1. The average molecular weight is 260 g/mol. The van der Waals surface area contributed by atoms with Crippen molar-refractivity contribution in [3.63, 3.8) is 0 Å². The van der Waals surface area contributed by atoms with E-state index in [1.165, 1.54) is 0 Å². The number of rotatable bonds is 3. The molecule has 0 aliphatic heterocycles. The van der Waals surface area contributed by atoms with Crippen LogP contribution in [0.4, 0.5) is 4.79 Å². The molecule has 0 aromatic rings. The zero-order chi connectivity index (χ0) is 13.2. The van der Waals surface area contributed by atoms with Gasteiger partial charge in [0.25, 0.3) is 0 Å². The summed E-state index contributed by atoms with van der Waals surface area (Å²) < 4.78 is 15.6.